The second-order valence-corrected chi connectivity index (χ2v) is 5.11. The van der Waals surface area contributed by atoms with Gasteiger partial charge >= 0.3 is 0 Å². The summed E-state index contributed by atoms with van der Waals surface area (Å²) in [4.78, 5) is 2.36. The van der Waals surface area contributed by atoms with Crippen LogP contribution >= 0.6 is 0 Å². The Morgan fingerprint density at radius 1 is 1.36 bits per heavy atom. The lowest BCUT2D eigenvalue weighted by Gasteiger charge is -2.25. The minimum absolute atomic E-state index is 0.142. The Morgan fingerprint density at radius 2 is 2.07 bits per heavy atom. The highest BCUT2D eigenvalue weighted by atomic mass is 15.1. The third-order valence-corrected chi connectivity index (χ3v) is 3.35. The number of nitriles is 1. The van der Waals surface area contributed by atoms with Crippen LogP contribution in [0.1, 0.15) is 46.5 Å². The molecule has 1 heterocycles. The maximum absolute atomic E-state index is 9.01. The molecule has 0 aromatic carbocycles. The zero-order valence-electron chi connectivity index (χ0n) is 9.71. The molecule has 14 heavy (non-hydrogen) atoms. The first-order valence-electron chi connectivity index (χ1n) is 5.73. The SMILES string of the molecule is CCC(C#N)N1CCCC(C)(C)CC1. The Labute approximate surface area is 87.9 Å². The van der Waals surface area contributed by atoms with Crippen molar-refractivity contribution in [2.24, 2.45) is 5.41 Å². The Balaban J connectivity index is 2.54. The summed E-state index contributed by atoms with van der Waals surface area (Å²) >= 11 is 0. The van der Waals surface area contributed by atoms with Crippen molar-refractivity contribution in [1.82, 2.24) is 4.90 Å². The molecular weight excluding hydrogens is 172 g/mol. The van der Waals surface area contributed by atoms with Gasteiger partial charge in [-0.05, 0) is 44.2 Å². The average molecular weight is 194 g/mol. The second kappa shape index (κ2) is 4.79. The Morgan fingerprint density at radius 3 is 2.64 bits per heavy atom. The van der Waals surface area contributed by atoms with Gasteiger partial charge in [-0.2, -0.15) is 5.26 Å². The van der Waals surface area contributed by atoms with Gasteiger partial charge in [0.1, 0.15) is 0 Å². The van der Waals surface area contributed by atoms with E-state index in [-0.39, 0.29) is 6.04 Å². The molecule has 2 nitrogen and oxygen atoms in total. The molecule has 1 aliphatic rings. The van der Waals surface area contributed by atoms with Crippen LogP contribution < -0.4 is 0 Å². The standard InChI is InChI=1S/C12H22N2/c1-4-11(10-13)14-8-5-6-12(2,3)7-9-14/h11H,4-9H2,1-3H3. The van der Waals surface area contributed by atoms with Gasteiger partial charge in [0.15, 0.2) is 0 Å². The van der Waals surface area contributed by atoms with Crippen LogP contribution in [0.3, 0.4) is 0 Å². The minimum Gasteiger partial charge on any atom is -0.288 e. The summed E-state index contributed by atoms with van der Waals surface area (Å²) in [5.74, 6) is 0. The lowest BCUT2D eigenvalue weighted by atomic mass is 9.85. The fourth-order valence-corrected chi connectivity index (χ4v) is 2.19. The molecule has 0 bridgehead atoms. The van der Waals surface area contributed by atoms with E-state index in [1.165, 1.54) is 19.3 Å². The highest BCUT2D eigenvalue weighted by molar-refractivity contribution is 4.92. The second-order valence-electron chi connectivity index (χ2n) is 5.11. The number of nitrogens with zero attached hydrogens (tertiary/aromatic N) is 2. The summed E-state index contributed by atoms with van der Waals surface area (Å²) in [6.07, 6.45) is 4.72. The van der Waals surface area contributed by atoms with E-state index in [4.69, 9.17) is 5.26 Å². The quantitative estimate of drug-likeness (QED) is 0.676. The number of hydrogen-bond acceptors (Lipinski definition) is 2. The highest BCUT2D eigenvalue weighted by Crippen LogP contribution is 2.30. The maximum Gasteiger partial charge on any atom is 0.0975 e. The Kier molecular flexibility index (Phi) is 3.95. The molecule has 0 aromatic rings. The van der Waals surface area contributed by atoms with Gasteiger partial charge in [0.25, 0.3) is 0 Å². The fourth-order valence-electron chi connectivity index (χ4n) is 2.19. The van der Waals surface area contributed by atoms with Crippen molar-refractivity contribution in [2.75, 3.05) is 13.1 Å². The topological polar surface area (TPSA) is 27.0 Å². The minimum atomic E-state index is 0.142. The lowest BCUT2D eigenvalue weighted by molar-refractivity contribution is 0.225. The zero-order valence-corrected chi connectivity index (χ0v) is 9.71. The molecule has 0 aliphatic carbocycles. The smallest absolute Gasteiger partial charge is 0.0975 e. The van der Waals surface area contributed by atoms with Crippen molar-refractivity contribution in [3.8, 4) is 6.07 Å². The van der Waals surface area contributed by atoms with Crippen LogP contribution in [0, 0.1) is 16.7 Å². The Hall–Kier alpha value is -0.550. The molecule has 2 heteroatoms. The molecule has 0 spiro atoms. The van der Waals surface area contributed by atoms with E-state index in [0.717, 1.165) is 19.5 Å². The first-order valence-corrected chi connectivity index (χ1v) is 5.73. The molecule has 1 saturated heterocycles. The molecular formula is C12H22N2. The molecule has 0 radical (unpaired) electrons. The predicted molar refractivity (Wildman–Crippen MR) is 58.9 cm³/mol. The van der Waals surface area contributed by atoms with Crippen LogP contribution in [0.2, 0.25) is 0 Å². The first-order chi connectivity index (χ1) is 6.59. The van der Waals surface area contributed by atoms with Crippen molar-refractivity contribution in [2.45, 2.75) is 52.5 Å². The summed E-state index contributed by atoms with van der Waals surface area (Å²) in [5, 5.41) is 9.01. The summed E-state index contributed by atoms with van der Waals surface area (Å²) in [7, 11) is 0. The van der Waals surface area contributed by atoms with E-state index >= 15 is 0 Å². The molecule has 1 fully saturated rings. The fraction of sp³-hybridized carbons (Fsp3) is 0.917. The van der Waals surface area contributed by atoms with Gasteiger partial charge in [0.05, 0.1) is 12.1 Å². The molecule has 1 aliphatic heterocycles. The van der Waals surface area contributed by atoms with E-state index in [1.807, 2.05) is 0 Å². The van der Waals surface area contributed by atoms with Crippen LogP contribution in [0.4, 0.5) is 0 Å². The van der Waals surface area contributed by atoms with Gasteiger partial charge < -0.3 is 0 Å². The van der Waals surface area contributed by atoms with E-state index in [0.29, 0.717) is 5.41 Å². The summed E-state index contributed by atoms with van der Waals surface area (Å²) in [5.41, 5.74) is 0.475. The van der Waals surface area contributed by atoms with E-state index in [9.17, 15) is 0 Å². The van der Waals surface area contributed by atoms with Gasteiger partial charge in [-0.3, -0.25) is 4.90 Å². The van der Waals surface area contributed by atoms with E-state index < -0.39 is 0 Å². The number of likely N-dealkylation sites (tertiary alicyclic amines) is 1. The third kappa shape index (κ3) is 2.99. The lowest BCUT2D eigenvalue weighted by Crippen LogP contribution is -2.34. The molecule has 1 unspecified atom stereocenters. The molecule has 80 valence electrons. The van der Waals surface area contributed by atoms with Crippen LogP contribution in [-0.2, 0) is 0 Å². The average Bonchev–Trinajstić information content (AvgIpc) is 2.30. The van der Waals surface area contributed by atoms with Gasteiger partial charge in [-0.25, -0.2) is 0 Å². The highest BCUT2D eigenvalue weighted by Gasteiger charge is 2.25. The zero-order chi connectivity index (χ0) is 10.6. The number of rotatable bonds is 2. The Bertz CT molecular complexity index is 215. The van der Waals surface area contributed by atoms with Crippen molar-refractivity contribution >= 4 is 0 Å². The monoisotopic (exact) mass is 194 g/mol. The normalized spacial score (nSPS) is 25.0. The maximum atomic E-state index is 9.01. The number of hydrogen-bond donors (Lipinski definition) is 0. The summed E-state index contributed by atoms with van der Waals surface area (Å²) < 4.78 is 0. The van der Waals surface area contributed by atoms with Crippen molar-refractivity contribution < 1.29 is 0 Å². The van der Waals surface area contributed by atoms with Gasteiger partial charge in [-0.1, -0.05) is 20.8 Å². The molecule has 0 N–H and O–H groups in total. The van der Waals surface area contributed by atoms with E-state index in [1.54, 1.807) is 0 Å². The van der Waals surface area contributed by atoms with E-state index in [2.05, 4.69) is 31.7 Å². The molecule has 0 aromatic heterocycles. The summed E-state index contributed by atoms with van der Waals surface area (Å²) in [6.45, 7) is 8.98. The van der Waals surface area contributed by atoms with Crippen LogP contribution in [0.5, 0.6) is 0 Å². The van der Waals surface area contributed by atoms with Crippen molar-refractivity contribution in [3.05, 3.63) is 0 Å². The first kappa shape index (κ1) is 11.5. The largest absolute Gasteiger partial charge is 0.288 e. The molecule has 0 amide bonds. The van der Waals surface area contributed by atoms with Gasteiger partial charge in [0, 0.05) is 0 Å². The predicted octanol–water partition coefficient (Wildman–Crippen LogP) is 2.80. The van der Waals surface area contributed by atoms with Gasteiger partial charge in [0.2, 0.25) is 0 Å². The van der Waals surface area contributed by atoms with Crippen LogP contribution in [-0.4, -0.2) is 24.0 Å². The third-order valence-electron chi connectivity index (χ3n) is 3.35. The van der Waals surface area contributed by atoms with Gasteiger partial charge in [-0.15, -0.1) is 0 Å². The van der Waals surface area contributed by atoms with Crippen LogP contribution in [0.15, 0.2) is 0 Å². The van der Waals surface area contributed by atoms with Crippen molar-refractivity contribution in [3.63, 3.8) is 0 Å². The molecule has 0 saturated carbocycles. The molecule has 1 atom stereocenters. The van der Waals surface area contributed by atoms with Crippen molar-refractivity contribution in [1.29, 1.82) is 5.26 Å². The molecule has 1 rings (SSSR count). The summed E-state index contributed by atoms with van der Waals surface area (Å²) in [6, 6.07) is 2.54. The van der Waals surface area contributed by atoms with Crippen LogP contribution in [0.25, 0.3) is 0 Å².